The van der Waals surface area contributed by atoms with Gasteiger partial charge < -0.3 is 11.1 Å². The molecule has 1 aromatic heterocycles. The summed E-state index contributed by atoms with van der Waals surface area (Å²) >= 11 is 0. The number of hydrogen-bond donors (Lipinski definition) is 2. The minimum absolute atomic E-state index is 0.138. The molecule has 1 heterocycles. The number of aromatic nitrogens is 1. The van der Waals surface area contributed by atoms with E-state index in [4.69, 9.17) is 5.73 Å². The van der Waals surface area contributed by atoms with Crippen molar-refractivity contribution in [1.82, 2.24) is 4.98 Å². The Labute approximate surface area is 122 Å². The molecule has 0 spiro atoms. The summed E-state index contributed by atoms with van der Waals surface area (Å²) in [6, 6.07) is 7.31. The fourth-order valence-corrected chi connectivity index (χ4v) is 1.77. The maximum absolute atomic E-state index is 13.3. The number of rotatable bonds is 2. The molecule has 1 aromatic carbocycles. The Morgan fingerprint density at radius 1 is 1.43 bits per heavy atom. The normalized spacial score (nSPS) is 9.67. The Balaban J connectivity index is 2.33. The highest BCUT2D eigenvalue weighted by Gasteiger charge is 2.12. The van der Waals surface area contributed by atoms with Crippen LogP contribution in [0.4, 0.5) is 10.1 Å². The highest BCUT2D eigenvalue weighted by Crippen LogP contribution is 2.15. The monoisotopic (exact) mass is 283 g/mol. The molecular formula is C16H14FN3O. The minimum Gasteiger partial charge on any atom is -0.320 e. The van der Waals surface area contributed by atoms with Crippen molar-refractivity contribution in [3.63, 3.8) is 0 Å². The zero-order valence-corrected chi connectivity index (χ0v) is 11.5. The first-order chi connectivity index (χ1) is 10.1. The van der Waals surface area contributed by atoms with Crippen molar-refractivity contribution in [1.29, 1.82) is 0 Å². The highest BCUT2D eigenvalue weighted by molar-refractivity contribution is 6.06. The Morgan fingerprint density at radius 3 is 2.95 bits per heavy atom. The number of hydrogen-bond acceptors (Lipinski definition) is 3. The lowest BCUT2D eigenvalue weighted by atomic mass is 10.1. The van der Waals surface area contributed by atoms with Crippen molar-refractivity contribution in [3.8, 4) is 11.8 Å². The summed E-state index contributed by atoms with van der Waals surface area (Å²) in [7, 11) is 0. The van der Waals surface area contributed by atoms with Gasteiger partial charge in [-0.3, -0.25) is 9.78 Å². The van der Waals surface area contributed by atoms with Crippen molar-refractivity contribution < 1.29 is 9.18 Å². The van der Waals surface area contributed by atoms with Gasteiger partial charge in [0.05, 0.1) is 23.5 Å². The lowest BCUT2D eigenvalue weighted by molar-refractivity contribution is 0.102. The first-order valence-electron chi connectivity index (χ1n) is 6.33. The molecule has 0 fully saturated rings. The third kappa shape index (κ3) is 3.65. The van der Waals surface area contributed by atoms with Crippen LogP contribution in [0.1, 0.15) is 21.6 Å². The van der Waals surface area contributed by atoms with Crippen molar-refractivity contribution in [2.75, 3.05) is 11.9 Å². The average molecular weight is 283 g/mol. The maximum atomic E-state index is 13.3. The Kier molecular flexibility index (Phi) is 4.64. The SMILES string of the molecule is Cc1ncccc1NC(=O)c1ccc(F)cc1C#CCN. The molecule has 0 saturated heterocycles. The summed E-state index contributed by atoms with van der Waals surface area (Å²) in [4.78, 5) is 16.4. The van der Waals surface area contributed by atoms with E-state index in [0.717, 1.165) is 0 Å². The first-order valence-corrected chi connectivity index (χ1v) is 6.33. The number of halogens is 1. The third-order valence-corrected chi connectivity index (χ3v) is 2.81. The van der Waals surface area contributed by atoms with E-state index in [2.05, 4.69) is 22.1 Å². The van der Waals surface area contributed by atoms with E-state index in [1.807, 2.05) is 0 Å². The molecule has 0 aliphatic heterocycles. The summed E-state index contributed by atoms with van der Waals surface area (Å²) in [6.45, 7) is 1.93. The summed E-state index contributed by atoms with van der Waals surface area (Å²) < 4.78 is 13.3. The average Bonchev–Trinajstić information content (AvgIpc) is 2.47. The van der Waals surface area contributed by atoms with Crippen LogP contribution in [0, 0.1) is 24.6 Å². The van der Waals surface area contributed by atoms with E-state index < -0.39 is 5.82 Å². The van der Waals surface area contributed by atoms with Crippen LogP contribution in [-0.4, -0.2) is 17.4 Å². The van der Waals surface area contributed by atoms with Gasteiger partial charge in [0.2, 0.25) is 0 Å². The van der Waals surface area contributed by atoms with Gasteiger partial charge >= 0.3 is 0 Å². The number of carbonyl (C=O) groups excluding carboxylic acids is 1. The molecule has 21 heavy (non-hydrogen) atoms. The molecule has 4 nitrogen and oxygen atoms in total. The van der Waals surface area contributed by atoms with Crippen LogP contribution in [0.25, 0.3) is 0 Å². The molecule has 2 aromatic rings. The van der Waals surface area contributed by atoms with Crippen molar-refractivity contribution in [2.24, 2.45) is 5.73 Å². The Morgan fingerprint density at radius 2 is 2.24 bits per heavy atom. The summed E-state index contributed by atoms with van der Waals surface area (Å²) in [5.41, 5.74) is 7.20. The first kappa shape index (κ1) is 14.7. The number of aryl methyl sites for hydroxylation is 1. The zero-order valence-electron chi connectivity index (χ0n) is 11.5. The van der Waals surface area contributed by atoms with Crippen molar-refractivity contribution in [2.45, 2.75) is 6.92 Å². The summed E-state index contributed by atoms with van der Waals surface area (Å²) in [5, 5.41) is 2.74. The second-order valence-corrected chi connectivity index (χ2v) is 4.29. The molecule has 0 bridgehead atoms. The zero-order chi connectivity index (χ0) is 15.2. The van der Waals surface area contributed by atoms with E-state index in [1.165, 1.54) is 18.2 Å². The van der Waals surface area contributed by atoms with E-state index in [-0.39, 0.29) is 12.5 Å². The third-order valence-electron chi connectivity index (χ3n) is 2.81. The van der Waals surface area contributed by atoms with Crippen molar-refractivity contribution in [3.05, 3.63) is 59.2 Å². The predicted octanol–water partition coefficient (Wildman–Crippen LogP) is 2.09. The summed E-state index contributed by atoms with van der Waals surface area (Å²) in [6.07, 6.45) is 1.64. The lowest BCUT2D eigenvalue weighted by Gasteiger charge is -2.09. The molecule has 0 saturated carbocycles. The summed E-state index contributed by atoms with van der Waals surface area (Å²) in [5.74, 6) is 4.50. The second-order valence-electron chi connectivity index (χ2n) is 4.29. The van der Waals surface area contributed by atoms with Gasteiger partial charge in [-0.15, -0.1) is 0 Å². The molecular weight excluding hydrogens is 269 g/mol. The fourth-order valence-electron chi connectivity index (χ4n) is 1.77. The number of anilines is 1. The molecule has 0 atom stereocenters. The van der Waals surface area contributed by atoms with Crippen LogP contribution in [-0.2, 0) is 0 Å². The van der Waals surface area contributed by atoms with Gasteiger partial charge in [0.1, 0.15) is 5.82 Å². The van der Waals surface area contributed by atoms with Gasteiger partial charge in [-0.2, -0.15) is 0 Å². The van der Waals surface area contributed by atoms with E-state index >= 15 is 0 Å². The molecule has 3 N–H and O–H groups in total. The second kappa shape index (κ2) is 6.64. The molecule has 2 rings (SSSR count). The van der Waals surface area contributed by atoms with Crippen LogP contribution in [0.2, 0.25) is 0 Å². The van der Waals surface area contributed by atoms with Gasteiger partial charge in [0, 0.05) is 11.8 Å². The Bertz CT molecular complexity index is 732. The van der Waals surface area contributed by atoms with Crippen molar-refractivity contribution >= 4 is 11.6 Å². The number of carbonyl (C=O) groups is 1. The highest BCUT2D eigenvalue weighted by atomic mass is 19.1. The molecule has 1 amide bonds. The molecule has 0 aliphatic rings. The standard InChI is InChI=1S/C16H14FN3O/c1-11-15(5-3-9-19-11)20-16(21)14-7-6-13(17)10-12(14)4-2-8-18/h3,5-7,9-10H,8,18H2,1H3,(H,20,21). The van der Waals surface area contributed by atoms with Crippen LogP contribution in [0.5, 0.6) is 0 Å². The fraction of sp³-hybridized carbons (Fsp3) is 0.125. The quantitative estimate of drug-likeness (QED) is 0.829. The lowest BCUT2D eigenvalue weighted by Crippen LogP contribution is -2.15. The van der Waals surface area contributed by atoms with E-state index in [9.17, 15) is 9.18 Å². The molecule has 0 unspecified atom stereocenters. The Hall–Kier alpha value is -2.71. The predicted molar refractivity (Wildman–Crippen MR) is 79.3 cm³/mol. The van der Waals surface area contributed by atoms with E-state index in [0.29, 0.717) is 22.5 Å². The molecule has 106 valence electrons. The van der Waals surface area contributed by atoms with Gasteiger partial charge in [-0.25, -0.2) is 4.39 Å². The molecule has 0 aliphatic carbocycles. The van der Waals surface area contributed by atoms with Crippen LogP contribution in [0.3, 0.4) is 0 Å². The van der Waals surface area contributed by atoms with Gasteiger partial charge in [-0.1, -0.05) is 11.8 Å². The van der Waals surface area contributed by atoms with Gasteiger partial charge in [0.25, 0.3) is 5.91 Å². The van der Waals surface area contributed by atoms with Crippen LogP contribution in [0.15, 0.2) is 36.5 Å². The minimum atomic E-state index is -0.453. The smallest absolute Gasteiger partial charge is 0.256 e. The van der Waals surface area contributed by atoms with Crippen LogP contribution < -0.4 is 11.1 Å². The van der Waals surface area contributed by atoms with Gasteiger partial charge in [0.15, 0.2) is 0 Å². The number of benzene rings is 1. The maximum Gasteiger partial charge on any atom is 0.256 e. The van der Waals surface area contributed by atoms with Gasteiger partial charge in [-0.05, 0) is 37.3 Å². The number of nitrogens with zero attached hydrogens (tertiary/aromatic N) is 1. The largest absolute Gasteiger partial charge is 0.320 e. The topological polar surface area (TPSA) is 68.0 Å². The van der Waals surface area contributed by atoms with E-state index in [1.54, 1.807) is 25.3 Å². The molecule has 5 heteroatoms. The number of pyridine rings is 1. The number of amides is 1. The molecule has 0 radical (unpaired) electrons. The van der Waals surface area contributed by atoms with Crippen LogP contribution >= 0.6 is 0 Å². The number of nitrogens with one attached hydrogen (secondary N) is 1. The number of nitrogens with two attached hydrogens (primary N) is 1.